The van der Waals surface area contributed by atoms with E-state index in [1.807, 2.05) is 25.1 Å². The predicted octanol–water partition coefficient (Wildman–Crippen LogP) is 4.16. The molecule has 1 aliphatic heterocycles. The lowest BCUT2D eigenvalue weighted by molar-refractivity contribution is 0.0607. The van der Waals surface area contributed by atoms with Crippen LogP contribution in [0.25, 0.3) is 0 Å². The van der Waals surface area contributed by atoms with Crippen molar-refractivity contribution in [2.24, 2.45) is 0 Å². The van der Waals surface area contributed by atoms with Gasteiger partial charge in [0, 0.05) is 17.1 Å². The summed E-state index contributed by atoms with van der Waals surface area (Å²) in [6.07, 6.45) is 4.57. The zero-order valence-electron chi connectivity index (χ0n) is 11.1. The average Bonchev–Trinajstić information content (AvgIpc) is 2.38. The average molecular weight is 310 g/mol. The van der Waals surface area contributed by atoms with Crippen molar-refractivity contribution in [2.45, 2.75) is 45.6 Å². The fourth-order valence-corrected chi connectivity index (χ4v) is 3.30. The Morgan fingerprint density at radius 2 is 2.22 bits per heavy atom. The summed E-state index contributed by atoms with van der Waals surface area (Å²) in [5.41, 5.74) is 1.96. The summed E-state index contributed by atoms with van der Waals surface area (Å²) in [5, 5.41) is 0. The molecule has 1 amide bonds. The minimum Gasteiger partial charge on any atom is -0.336 e. The van der Waals surface area contributed by atoms with Crippen LogP contribution in [-0.4, -0.2) is 23.4 Å². The van der Waals surface area contributed by atoms with Crippen molar-refractivity contribution in [2.75, 3.05) is 6.54 Å². The minimum absolute atomic E-state index is 0.174. The van der Waals surface area contributed by atoms with Gasteiger partial charge in [-0.2, -0.15) is 0 Å². The summed E-state index contributed by atoms with van der Waals surface area (Å²) >= 11 is 3.51. The van der Waals surface area contributed by atoms with Crippen LogP contribution >= 0.6 is 15.9 Å². The van der Waals surface area contributed by atoms with Crippen molar-refractivity contribution in [3.8, 4) is 0 Å². The first-order valence-electron chi connectivity index (χ1n) is 6.70. The molecule has 0 aliphatic carbocycles. The van der Waals surface area contributed by atoms with Gasteiger partial charge in [-0.15, -0.1) is 0 Å². The molecule has 2 nitrogen and oxygen atoms in total. The maximum atomic E-state index is 12.6. The van der Waals surface area contributed by atoms with E-state index < -0.39 is 0 Å². The molecule has 2 rings (SSSR count). The highest BCUT2D eigenvalue weighted by molar-refractivity contribution is 9.10. The van der Waals surface area contributed by atoms with Gasteiger partial charge in [0.05, 0.1) is 5.56 Å². The molecule has 1 aromatic carbocycles. The molecule has 18 heavy (non-hydrogen) atoms. The highest BCUT2D eigenvalue weighted by Crippen LogP contribution is 2.25. The number of halogens is 1. The van der Waals surface area contributed by atoms with Crippen LogP contribution < -0.4 is 0 Å². The van der Waals surface area contributed by atoms with Crippen molar-refractivity contribution in [1.29, 1.82) is 0 Å². The Kier molecular flexibility index (Phi) is 4.44. The maximum Gasteiger partial charge on any atom is 0.255 e. The fraction of sp³-hybridized carbons (Fsp3) is 0.533. The summed E-state index contributed by atoms with van der Waals surface area (Å²) in [6.45, 7) is 5.10. The molecule has 0 aromatic heterocycles. The highest BCUT2D eigenvalue weighted by atomic mass is 79.9. The summed E-state index contributed by atoms with van der Waals surface area (Å²) in [4.78, 5) is 14.7. The normalized spacial score (nSPS) is 19.9. The quantitative estimate of drug-likeness (QED) is 0.803. The lowest BCUT2D eigenvalue weighted by Gasteiger charge is -2.35. The summed E-state index contributed by atoms with van der Waals surface area (Å²) < 4.78 is 0.910. The number of rotatable bonds is 2. The van der Waals surface area contributed by atoms with Crippen LogP contribution in [0.4, 0.5) is 0 Å². The Labute approximate surface area is 117 Å². The van der Waals surface area contributed by atoms with Gasteiger partial charge in [0.25, 0.3) is 5.91 Å². The molecule has 0 N–H and O–H groups in total. The second kappa shape index (κ2) is 5.87. The van der Waals surface area contributed by atoms with Crippen molar-refractivity contribution < 1.29 is 4.79 Å². The zero-order valence-corrected chi connectivity index (χ0v) is 12.7. The smallest absolute Gasteiger partial charge is 0.255 e. The van der Waals surface area contributed by atoms with Crippen molar-refractivity contribution >= 4 is 21.8 Å². The summed E-state index contributed by atoms with van der Waals surface area (Å²) in [5.74, 6) is 0.174. The molecule has 3 heteroatoms. The van der Waals surface area contributed by atoms with Crippen LogP contribution in [0.3, 0.4) is 0 Å². The fourth-order valence-electron chi connectivity index (χ4n) is 2.64. The number of benzene rings is 1. The van der Waals surface area contributed by atoms with Gasteiger partial charge in [-0.3, -0.25) is 4.79 Å². The molecule has 1 aromatic rings. The SMILES string of the molecule is CCC1CCCCN1C(=O)c1ccc(C)cc1Br. The Hall–Kier alpha value is -0.830. The van der Waals surface area contributed by atoms with E-state index >= 15 is 0 Å². The summed E-state index contributed by atoms with van der Waals surface area (Å²) in [7, 11) is 0. The zero-order chi connectivity index (χ0) is 13.1. The Balaban J connectivity index is 2.24. The molecule has 1 unspecified atom stereocenters. The number of aryl methyl sites for hydroxylation is 1. The molecule has 1 fully saturated rings. The number of hydrogen-bond donors (Lipinski definition) is 0. The topological polar surface area (TPSA) is 20.3 Å². The highest BCUT2D eigenvalue weighted by Gasteiger charge is 2.27. The van der Waals surface area contributed by atoms with E-state index in [2.05, 4.69) is 27.8 Å². The standard InChI is InChI=1S/C15H20BrNO/c1-3-12-6-4-5-9-17(12)15(18)13-8-7-11(2)10-14(13)16/h7-8,10,12H,3-6,9H2,1-2H3. The maximum absolute atomic E-state index is 12.6. The lowest BCUT2D eigenvalue weighted by atomic mass is 9.98. The van der Waals surface area contributed by atoms with Gasteiger partial charge in [-0.05, 0) is 66.2 Å². The minimum atomic E-state index is 0.174. The number of carbonyl (C=O) groups is 1. The molecule has 0 radical (unpaired) electrons. The Morgan fingerprint density at radius 1 is 1.44 bits per heavy atom. The number of piperidine rings is 1. The third-order valence-corrected chi connectivity index (χ3v) is 4.37. The van der Waals surface area contributed by atoms with Crippen LogP contribution in [0.1, 0.15) is 48.5 Å². The Bertz CT molecular complexity index is 444. The molecular formula is C15H20BrNO. The molecule has 0 bridgehead atoms. The van der Waals surface area contributed by atoms with Gasteiger partial charge < -0.3 is 4.90 Å². The van der Waals surface area contributed by atoms with Crippen molar-refractivity contribution in [3.63, 3.8) is 0 Å². The second-order valence-corrected chi connectivity index (χ2v) is 5.89. The van der Waals surface area contributed by atoms with Gasteiger partial charge in [0.1, 0.15) is 0 Å². The van der Waals surface area contributed by atoms with Gasteiger partial charge in [-0.25, -0.2) is 0 Å². The van der Waals surface area contributed by atoms with E-state index in [4.69, 9.17) is 0 Å². The molecule has 1 saturated heterocycles. The van der Waals surface area contributed by atoms with Gasteiger partial charge in [0.15, 0.2) is 0 Å². The molecular weight excluding hydrogens is 290 g/mol. The number of hydrogen-bond acceptors (Lipinski definition) is 1. The van der Waals surface area contributed by atoms with Crippen LogP contribution in [-0.2, 0) is 0 Å². The number of nitrogens with zero attached hydrogens (tertiary/aromatic N) is 1. The predicted molar refractivity (Wildman–Crippen MR) is 77.8 cm³/mol. The monoisotopic (exact) mass is 309 g/mol. The van der Waals surface area contributed by atoms with E-state index in [1.54, 1.807) is 0 Å². The first-order chi connectivity index (χ1) is 8.63. The molecule has 98 valence electrons. The largest absolute Gasteiger partial charge is 0.336 e. The lowest BCUT2D eigenvalue weighted by Crippen LogP contribution is -2.43. The van der Waals surface area contributed by atoms with Crippen molar-refractivity contribution in [3.05, 3.63) is 33.8 Å². The van der Waals surface area contributed by atoms with E-state index in [0.29, 0.717) is 6.04 Å². The Morgan fingerprint density at radius 3 is 2.89 bits per heavy atom. The van der Waals surface area contributed by atoms with Crippen molar-refractivity contribution in [1.82, 2.24) is 4.90 Å². The first kappa shape index (κ1) is 13.6. The summed E-state index contributed by atoms with van der Waals surface area (Å²) in [6, 6.07) is 6.36. The third kappa shape index (κ3) is 2.77. The molecule has 0 spiro atoms. The van der Waals surface area contributed by atoms with E-state index in [0.717, 1.165) is 35.8 Å². The molecule has 0 saturated carbocycles. The van der Waals surface area contributed by atoms with E-state index in [-0.39, 0.29) is 5.91 Å². The van der Waals surface area contributed by atoms with Gasteiger partial charge in [0.2, 0.25) is 0 Å². The molecule has 1 atom stereocenters. The number of carbonyl (C=O) groups excluding carboxylic acids is 1. The van der Waals surface area contributed by atoms with Gasteiger partial charge in [-0.1, -0.05) is 13.0 Å². The number of likely N-dealkylation sites (tertiary alicyclic amines) is 1. The van der Waals surface area contributed by atoms with Crippen LogP contribution in [0.2, 0.25) is 0 Å². The molecule has 1 aliphatic rings. The first-order valence-corrected chi connectivity index (χ1v) is 7.50. The third-order valence-electron chi connectivity index (χ3n) is 3.71. The molecule has 1 heterocycles. The second-order valence-electron chi connectivity index (χ2n) is 5.04. The van der Waals surface area contributed by atoms with Gasteiger partial charge >= 0.3 is 0 Å². The van der Waals surface area contributed by atoms with E-state index in [9.17, 15) is 4.79 Å². The van der Waals surface area contributed by atoms with Crippen LogP contribution in [0.5, 0.6) is 0 Å². The van der Waals surface area contributed by atoms with Crippen LogP contribution in [0.15, 0.2) is 22.7 Å². The van der Waals surface area contributed by atoms with Crippen LogP contribution in [0, 0.1) is 6.92 Å². The number of amides is 1. The van der Waals surface area contributed by atoms with E-state index in [1.165, 1.54) is 12.0 Å².